The second kappa shape index (κ2) is 6.72. The maximum absolute atomic E-state index is 13.3. The summed E-state index contributed by atoms with van der Waals surface area (Å²) in [7, 11) is 0. The Labute approximate surface area is 153 Å². The van der Waals surface area contributed by atoms with Crippen LogP contribution in [0.25, 0.3) is 0 Å². The molecule has 2 aliphatic heterocycles. The number of piperidine rings is 1. The number of halogens is 1. The van der Waals surface area contributed by atoms with Crippen molar-refractivity contribution in [3.05, 3.63) is 17.5 Å². The average molecular weight is 365 g/mol. The van der Waals surface area contributed by atoms with E-state index in [0.29, 0.717) is 18.5 Å². The van der Waals surface area contributed by atoms with Gasteiger partial charge < -0.3 is 14.9 Å². The largest absolute Gasteiger partial charge is 0.393 e. The van der Waals surface area contributed by atoms with Gasteiger partial charge >= 0.3 is 0 Å². The van der Waals surface area contributed by atoms with Crippen molar-refractivity contribution in [1.82, 2.24) is 14.9 Å². The number of rotatable bonds is 2. The second-order valence-corrected chi connectivity index (χ2v) is 8.04. The molecule has 0 unspecified atom stereocenters. The van der Waals surface area contributed by atoms with Crippen molar-refractivity contribution in [3.63, 3.8) is 0 Å². The summed E-state index contributed by atoms with van der Waals surface area (Å²) in [5, 5.41) is 9.98. The summed E-state index contributed by atoms with van der Waals surface area (Å²) < 4.78 is 0. The minimum atomic E-state index is -0.286. The predicted molar refractivity (Wildman–Crippen MR) is 95.5 cm³/mol. The Morgan fingerprint density at radius 1 is 1.20 bits per heavy atom. The van der Waals surface area contributed by atoms with Crippen molar-refractivity contribution >= 4 is 23.3 Å². The fourth-order valence-corrected chi connectivity index (χ4v) is 4.92. The van der Waals surface area contributed by atoms with Crippen LogP contribution < -0.4 is 4.90 Å². The zero-order chi connectivity index (χ0) is 17.4. The first-order valence-electron chi connectivity index (χ1n) is 9.30. The molecular formula is C18H25ClN4O2. The van der Waals surface area contributed by atoms with Gasteiger partial charge in [0.1, 0.15) is 5.82 Å². The Morgan fingerprint density at radius 3 is 2.76 bits per heavy atom. The molecular weight excluding hydrogens is 340 g/mol. The fraction of sp³-hybridized carbons (Fsp3) is 0.722. The molecule has 3 heterocycles. The van der Waals surface area contributed by atoms with Gasteiger partial charge in [0.25, 0.3) is 0 Å². The van der Waals surface area contributed by atoms with Crippen molar-refractivity contribution in [2.45, 2.75) is 57.1 Å². The Kier molecular flexibility index (Phi) is 4.58. The van der Waals surface area contributed by atoms with Crippen LogP contribution in [0, 0.1) is 5.41 Å². The molecule has 0 radical (unpaired) electrons. The van der Waals surface area contributed by atoms with Crippen LogP contribution in [0.2, 0.25) is 5.28 Å². The monoisotopic (exact) mass is 364 g/mol. The zero-order valence-corrected chi connectivity index (χ0v) is 15.2. The number of likely N-dealkylation sites (tertiary alicyclic amines) is 1. The molecule has 7 heteroatoms. The molecule has 1 amide bonds. The van der Waals surface area contributed by atoms with Crippen LogP contribution in [0.3, 0.4) is 0 Å². The number of amides is 1. The minimum Gasteiger partial charge on any atom is -0.393 e. The van der Waals surface area contributed by atoms with E-state index in [1.165, 1.54) is 0 Å². The van der Waals surface area contributed by atoms with Gasteiger partial charge in [0.2, 0.25) is 11.2 Å². The van der Waals surface area contributed by atoms with Crippen molar-refractivity contribution < 1.29 is 9.90 Å². The van der Waals surface area contributed by atoms with E-state index >= 15 is 0 Å². The van der Waals surface area contributed by atoms with Crippen molar-refractivity contribution in [2.24, 2.45) is 5.41 Å². The number of carbonyl (C=O) groups excluding carboxylic acids is 1. The van der Waals surface area contributed by atoms with Gasteiger partial charge in [-0.3, -0.25) is 4.79 Å². The molecule has 1 saturated carbocycles. The summed E-state index contributed by atoms with van der Waals surface area (Å²) in [6.07, 6.45) is 7.82. The van der Waals surface area contributed by atoms with Crippen LogP contribution in [0.4, 0.5) is 5.82 Å². The van der Waals surface area contributed by atoms with Gasteiger partial charge in [-0.05, 0) is 62.6 Å². The number of anilines is 1. The van der Waals surface area contributed by atoms with E-state index in [9.17, 15) is 9.90 Å². The van der Waals surface area contributed by atoms with Crippen LogP contribution in [0.15, 0.2) is 12.3 Å². The highest BCUT2D eigenvalue weighted by Gasteiger charge is 2.50. The molecule has 136 valence electrons. The molecule has 1 N–H and O–H groups in total. The molecule has 1 aromatic rings. The molecule has 0 aromatic carbocycles. The third-order valence-corrected chi connectivity index (χ3v) is 6.35. The number of hydrogen-bond acceptors (Lipinski definition) is 5. The summed E-state index contributed by atoms with van der Waals surface area (Å²) in [5.74, 6) is 1.12. The second-order valence-electron chi connectivity index (χ2n) is 7.70. The number of nitrogens with zero attached hydrogens (tertiary/aromatic N) is 4. The van der Waals surface area contributed by atoms with E-state index in [-0.39, 0.29) is 16.8 Å². The number of carbonyl (C=O) groups is 1. The van der Waals surface area contributed by atoms with Gasteiger partial charge in [0.05, 0.1) is 11.5 Å². The molecule has 2 saturated heterocycles. The van der Waals surface area contributed by atoms with Gasteiger partial charge in [-0.1, -0.05) is 0 Å². The lowest BCUT2D eigenvalue weighted by molar-refractivity contribution is -0.139. The molecule has 0 bridgehead atoms. The van der Waals surface area contributed by atoms with E-state index in [1.54, 1.807) is 6.20 Å². The molecule has 3 aliphatic rings. The molecule has 4 rings (SSSR count). The van der Waals surface area contributed by atoms with Crippen molar-refractivity contribution in [2.75, 3.05) is 24.5 Å². The number of hydrogen-bond donors (Lipinski definition) is 1. The maximum Gasteiger partial charge on any atom is 0.230 e. The summed E-state index contributed by atoms with van der Waals surface area (Å²) in [4.78, 5) is 25.8. The molecule has 1 spiro atoms. The summed E-state index contributed by atoms with van der Waals surface area (Å²) in [5.41, 5.74) is -0.286. The van der Waals surface area contributed by atoms with Crippen LogP contribution >= 0.6 is 11.6 Å². The van der Waals surface area contributed by atoms with Crippen LogP contribution in [-0.2, 0) is 4.79 Å². The van der Waals surface area contributed by atoms with Crippen molar-refractivity contribution in [1.29, 1.82) is 0 Å². The minimum absolute atomic E-state index is 0.185. The number of aliphatic hydroxyl groups excluding tert-OH is 1. The normalized spacial score (nSPS) is 33.3. The molecule has 3 fully saturated rings. The summed E-state index contributed by atoms with van der Waals surface area (Å²) in [6.45, 7) is 2.46. The maximum atomic E-state index is 13.3. The van der Waals surface area contributed by atoms with E-state index in [4.69, 9.17) is 11.6 Å². The third-order valence-electron chi connectivity index (χ3n) is 6.17. The highest BCUT2D eigenvalue weighted by molar-refractivity contribution is 6.28. The van der Waals surface area contributed by atoms with E-state index in [0.717, 1.165) is 63.9 Å². The van der Waals surface area contributed by atoms with E-state index in [2.05, 4.69) is 19.8 Å². The topological polar surface area (TPSA) is 69.6 Å². The number of aliphatic hydroxyl groups is 1. The molecule has 25 heavy (non-hydrogen) atoms. The first kappa shape index (κ1) is 17.0. The van der Waals surface area contributed by atoms with Crippen LogP contribution in [0.1, 0.15) is 44.9 Å². The first-order valence-corrected chi connectivity index (χ1v) is 9.68. The Bertz CT molecular complexity index is 650. The molecule has 1 atom stereocenters. The lowest BCUT2D eigenvalue weighted by Gasteiger charge is -2.40. The summed E-state index contributed by atoms with van der Waals surface area (Å²) >= 11 is 5.94. The fourth-order valence-electron chi connectivity index (χ4n) is 4.77. The smallest absolute Gasteiger partial charge is 0.230 e. The van der Waals surface area contributed by atoms with Gasteiger partial charge in [-0.15, -0.1) is 0 Å². The molecule has 1 aromatic heterocycles. The van der Waals surface area contributed by atoms with Crippen LogP contribution in [0.5, 0.6) is 0 Å². The molecule has 1 aliphatic carbocycles. The van der Waals surface area contributed by atoms with Gasteiger partial charge in [0, 0.05) is 31.9 Å². The average Bonchev–Trinajstić information content (AvgIpc) is 2.92. The molecule has 6 nitrogen and oxygen atoms in total. The van der Waals surface area contributed by atoms with E-state index < -0.39 is 0 Å². The predicted octanol–water partition coefficient (Wildman–Crippen LogP) is 2.25. The highest BCUT2D eigenvalue weighted by atomic mass is 35.5. The van der Waals surface area contributed by atoms with E-state index in [1.807, 2.05) is 6.07 Å². The standard InChI is InChI=1S/C18H25ClN4O2/c19-17-20-9-6-15(21-17)22-10-1-7-18(12-22)8-11-23(16(18)25)13-2-4-14(24)5-3-13/h6,9,13-14,24H,1-5,7-8,10-12H2/t13-,14-,18-/m1/s1. The van der Waals surface area contributed by atoms with Gasteiger partial charge in [0.15, 0.2) is 0 Å². The Balaban J connectivity index is 1.49. The quantitative estimate of drug-likeness (QED) is 0.815. The lowest BCUT2D eigenvalue weighted by Crippen LogP contribution is -2.50. The van der Waals surface area contributed by atoms with Crippen molar-refractivity contribution in [3.8, 4) is 0 Å². The SMILES string of the molecule is O=C1N([C@H]2CC[C@H](O)CC2)CC[C@@]12CCCN(c1ccnc(Cl)n1)C2. The number of aromatic nitrogens is 2. The van der Waals surface area contributed by atoms with Gasteiger partial charge in [-0.25, -0.2) is 9.97 Å². The highest BCUT2D eigenvalue weighted by Crippen LogP contribution is 2.43. The summed E-state index contributed by atoms with van der Waals surface area (Å²) in [6, 6.07) is 2.17. The lowest BCUT2D eigenvalue weighted by atomic mass is 9.78. The Hall–Kier alpha value is -1.40. The Morgan fingerprint density at radius 2 is 2.00 bits per heavy atom. The zero-order valence-electron chi connectivity index (χ0n) is 14.4. The first-order chi connectivity index (χ1) is 12.1. The van der Waals surface area contributed by atoms with Gasteiger partial charge in [-0.2, -0.15) is 0 Å². The third kappa shape index (κ3) is 3.22. The van der Waals surface area contributed by atoms with Crippen LogP contribution in [-0.4, -0.2) is 57.7 Å².